The van der Waals surface area contributed by atoms with Gasteiger partial charge in [0.2, 0.25) is 5.91 Å². The van der Waals surface area contributed by atoms with E-state index >= 15 is 0 Å². The van der Waals surface area contributed by atoms with E-state index in [9.17, 15) is 4.79 Å². The molecule has 116 valence electrons. The Morgan fingerprint density at radius 1 is 1.38 bits per heavy atom. The number of nitrogens with two attached hydrogens (primary N) is 1. The molecule has 1 aromatic carbocycles. The average Bonchev–Trinajstić information content (AvgIpc) is 2.51. The van der Waals surface area contributed by atoms with E-state index in [4.69, 9.17) is 5.73 Å². The number of hydrogen-bond acceptors (Lipinski definition) is 3. The Kier molecular flexibility index (Phi) is 5.10. The zero-order chi connectivity index (χ0) is 15.4. The van der Waals surface area contributed by atoms with Gasteiger partial charge in [0.25, 0.3) is 0 Å². The normalized spacial score (nSPS) is 15.7. The van der Waals surface area contributed by atoms with Gasteiger partial charge in [0, 0.05) is 24.0 Å². The van der Waals surface area contributed by atoms with Crippen molar-refractivity contribution in [2.24, 2.45) is 0 Å². The summed E-state index contributed by atoms with van der Waals surface area (Å²) in [6, 6.07) is 6.10. The van der Waals surface area contributed by atoms with Crippen LogP contribution < -0.4 is 16.0 Å². The van der Waals surface area contributed by atoms with Gasteiger partial charge in [-0.2, -0.15) is 0 Å². The highest BCUT2D eigenvalue weighted by Crippen LogP contribution is 2.32. The molecular formula is C17H27N3O. The van der Waals surface area contributed by atoms with Crippen LogP contribution in [0.25, 0.3) is 0 Å². The Labute approximate surface area is 127 Å². The van der Waals surface area contributed by atoms with Crippen molar-refractivity contribution in [1.82, 2.24) is 5.32 Å². The molecule has 21 heavy (non-hydrogen) atoms. The Morgan fingerprint density at radius 3 is 2.76 bits per heavy atom. The van der Waals surface area contributed by atoms with Crippen molar-refractivity contribution in [2.75, 3.05) is 17.2 Å². The molecule has 1 unspecified atom stereocenters. The van der Waals surface area contributed by atoms with Crippen LogP contribution in [-0.4, -0.2) is 24.5 Å². The highest BCUT2D eigenvalue weighted by Gasteiger charge is 2.27. The summed E-state index contributed by atoms with van der Waals surface area (Å²) in [4.78, 5) is 14.7. The van der Waals surface area contributed by atoms with Crippen LogP contribution >= 0.6 is 0 Å². The predicted octanol–water partition coefficient (Wildman–Crippen LogP) is 2.71. The van der Waals surface area contributed by atoms with Crippen molar-refractivity contribution in [3.63, 3.8) is 0 Å². The van der Waals surface area contributed by atoms with Crippen molar-refractivity contribution < 1.29 is 4.79 Å². The quantitative estimate of drug-likeness (QED) is 0.819. The van der Waals surface area contributed by atoms with Crippen molar-refractivity contribution in [3.8, 4) is 0 Å². The molecule has 0 aliphatic carbocycles. The number of carbonyl (C=O) groups is 1. The van der Waals surface area contributed by atoms with E-state index in [1.165, 1.54) is 5.56 Å². The van der Waals surface area contributed by atoms with E-state index in [1.54, 1.807) is 0 Å². The van der Waals surface area contributed by atoms with Gasteiger partial charge < -0.3 is 16.0 Å². The van der Waals surface area contributed by atoms with Gasteiger partial charge in [-0.25, -0.2) is 0 Å². The van der Waals surface area contributed by atoms with Gasteiger partial charge in [0.15, 0.2) is 0 Å². The Hall–Kier alpha value is -1.71. The fraction of sp³-hybridized carbons (Fsp3) is 0.588. The maximum Gasteiger partial charge on any atom is 0.242 e. The number of fused-ring (bicyclic) bond motifs is 1. The summed E-state index contributed by atoms with van der Waals surface area (Å²) < 4.78 is 0. The number of hydrogen-bond donors (Lipinski definition) is 2. The molecule has 1 amide bonds. The van der Waals surface area contributed by atoms with Gasteiger partial charge >= 0.3 is 0 Å². The molecule has 0 saturated carbocycles. The molecule has 3 N–H and O–H groups in total. The number of carbonyl (C=O) groups excluding carboxylic acids is 1. The number of anilines is 2. The fourth-order valence-corrected chi connectivity index (χ4v) is 3.04. The zero-order valence-electron chi connectivity index (χ0n) is 13.4. The van der Waals surface area contributed by atoms with Gasteiger partial charge in [0.05, 0.1) is 0 Å². The summed E-state index contributed by atoms with van der Waals surface area (Å²) in [6.45, 7) is 7.11. The first-order valence-corrected chi connectivity index (χ1v) is 8.02. The van der Waals surface area contributed by atoms with Crippen molar-refractivity contribution in [1.29, 1.82) is 0 Å². The number of benzene rings is 1. The number of nitrogen functional groups attached to an aromatic ring is 1. The summed E-state index contributed by atoms with van der Waals surface area (Å²) in [5.41, 5.74) is 9.22. The topological polar surface area (TPSA) is 58.4 Å². The smallest absolute Gasteiger partial charge is 0.242 e. The van der Waals surface area contributed by atoms with Crippen molar-refractivity contribution in [2.45, 2.75) is 58.5 Å². The third-order valence-corrected chi connectivity index (χ3v) is 4.50. The number of rotatable bonds is 5. The van der Waals surface area contributed by atoms with E-state index in [0.717, 1.165) is 43.6 Å². The molecule has 4 nitrogen and oxygen atoms in total. The third-order valence-electron chi connectivity index (χ3n) is 4.50. The average molecular weight is 289 g/mol. The van der Waals surface area contributed by atoms with Crippen LogP contribution in [0.4, 0.5) is 11.4 Å². The number of nitrogens with one attached hydrogen (secondary N) is 1. The lowest BCUT2D eigenvalue weighted by molar-refractivity contribution is -0.122. The second-order valence-electron chi connectivity index (χ2n) is 5.84. The summed E-state index contributed by atoms with van der Waals surface area (Å²) in [5.74, 6) is 0.110. The van der Waals surface area contributed by atoms with Crippen LogP contribution in [0.15, 0.2) is 18.2 Å². The lowest BCUT2D eigenvalue weighted by Crippen LogP contribution is -2.49. The van der Waals surface area contributed by atoms with Crippen molar-refractivity contribution >= 4 is 17.3 Å². The van der Waals surface area contributed by atoms with Crippen LogP contribution in [0.5, 0.6) is 0 Å². The minimum atomic E-state index is -0.161. The lowest BCUT2D eigenvalue weighted by atomic mass is 9.98. The zero-order valence-corrected chi connectivity index (χ0v) is 13.4. The first-order valence-electron chi connectivity index (χ1n) is 8.02. The highest BCUT2D eigenvalue weighted by atomic mass is 16.2. The highest BCUT2D eigenvalue weighted by molar-refractivity contribution is 5.86. The molecule has 4 heteroatoms. The predicted molar refractivity (Wildman–Crippen MR) is 88.5 cm³/mol. The second kappa shape index (κ2) is 6.83. The van der Waals surface area contributed by atoms with Crippen LogP contribution in [-0.2, 0) is 11.2 Å². The summed E-state index contributed by atoms with van der Waals surface area (Å²) in [7, 11) is 0. The van der Waals surface area contributed by atoms with Crippen LogP contribution in [0.1, 0.15) is 45.6 Å². The van der Waals surface area contributed by atoms with E-state index in [2.05, 4.69) is 30.1 Å². The van der Waals surface area contributed by atoms with Crippen LogP contribution in [0.2, 0.25) is 0 Å². The molecule has 0 fully saturated rings. The van der Waals surface area contributed by atoms with E-state index in [1.807, 2.05) is 19.1 Å². The second-order valence-corrected chi connectivity index (χ2v) is 5.84. The molecule has 0 bridgehead atoms. The van der Waals surface area contributed by atoms with Crippen LogP contribution in [0.3, 0.4) is 0 Å². The van der Waals surface area contributed by atoms with Gasteiger partial charge in [-0.3, -0.25) is 4.79 Å². The molecule has 1 aliphatic rings. The molecule has 0 saturated heterocycles. The number of nitrogens with zero attached hydrogens (tertiary/aromatic N) is 1. The molecule has 0 aromatic heterocycles. The van der Waals surface area contributed by atoms with Gasteiger partial charge in [-0.1, -0.05) is 19.9 Å². The molecule has 0 radical (unpaired) electrons. The van der Waals surface area contributed by atoms with Gasteiger partial charge in [0.1, 0.15) is 6.04 Å². The minimum absolute atomic E-state index is 0.110. The summed E-state index contributed by atoms with van der Waals surface area (Å²) >= 11 is 0. The molecule has 1 aromatic rings. The minimum Gasteiger partial charge on any atom is -0.398 e. The molecular weight excluding hydrogens is 262 g/mol. The Balaban J connectivity index is 2.16. The lowest BCUT2D eigenvalue weighted by Gasteiger charge is -2.36. The number of amides is 1. The van der Waals surface area contributed by atoms with E-state index in [-0.39, 0.29) is 18.0 Å². The van der Waals surface area contributed by atoms with Gasteiger partial charge in [-0.05, 0) is 50.3 Å². The first kappa shape index (κ1) is 15.7. The molecule has 0 spiro atoms. The maximum absolute atomic E-state index is 12.5. The molecule has 1 heterocycles. The van der Waals surface area contributed by atoms with E-state index < -0.39 is 0 Å². The SMILES string of the molecule is CCC(CC)NC(=O)C(C)N1CCCc2c(N)cccc21. The fourth-order valence-electron chi connectivity index (χ4n) is 3.04. The standard InChI is InChI=1S/C17H27N3O/c1-4-13(5-2)19-17(21)12(3)20-11-7-8-14-15(18)9-6-10-16(14)20/h6,9-10,12-13H,4-5,7-8,11,18H2,1-3H3,(H,19,21). The third kappa shape index (κ3) is 3.31. The summed E-state index contributed by atoms with van der Waals surface area (Å²) in [5, 5.41) is 3.15. The largest absolute Gasteiger partial charge is 0.398 e. The summed E-state index contributed by atoms with van der Waals surface area (Å²) in [6.07, 6.45) is 3.99. The molecule has 1 atom stereocenters. The van der Waals surface area contributed by atoms with Gasteiger partial charge in [-0.15, -0.1) is 0 Å². The van der Waals surface area contributed by atoms with E-state index in [0.29, 0.717) is 0 Å². The molecule has 2 rings (SSSR count). The Morgan fingerprint density at radius 2 is 2.10 bits per heavy atom. The maximum atomic E-state index is 12.5. The Bertz CT molecular complexity index is 497. The monoisotopic (exact) mass is 289 g/mol. The first-order chi connectivity index (χ1) is 10.1. The van der Waals surface area contributed by atoms with Crippen molar-refractivity contribution in [3.05, 3.63) is 23.8 Å². The molecule has 1 aliphatic heterocycles. The van der Waals surface area contributed by atoms with Crippen LogP contribution in [0, 0.1) is 0 Å².